The molecule has 1 aliphatic heterocycles. The van der Waals surface area contributed by atoms with Crippen molar-refractivity contribution < 1.29 is 18.0 Å². The van der Waals surface area contributed by atoms with E-state index in [9.17, 15) is 18.0 Å². The summed E-state index contributed by atoms with van der Waals surface area (Å²) in [5, 5.41) is 2.90. The Hall–Kier alpha value is -2.71. The standard InChI is InChI=1S/C21H18F3N3OS/c22-16-4-1-14(2-5-16)19-13-29-20(25-19)12-26-7-9-27(10-8-26)21(28)15-3-6-17(23)18(24)11-15/h1-6,11,13H,7-10,12H2. The van der Waals surface area contributed by atoms with Crippen LogP contribution in [0.5, 0.6) is 0 Å². The molecule has 0 aliphatic carbocycles. The highest BCUT2D eigenvalue weighted by atomic mass is 32.1. The summed E-state index contributed by atoms with van der Waals surface area (Å²) in [6, 6.07) is 9.46. The van der Waals surface area contributed by atoms with E-state index in [1.165, 1.54) is 18.2 Å². The minimum Gasteiger partial charge on any atom is -0.336 e. The Bertz CT molecular complexity index is 1010. The number of aromatic nitrogens is 1. The van der Waals surface area contributed by atoms with Gasteiger partial charge in [0.2, 0.25) is 0 Å². The summed E-state index contributed by atoms with van der Waals surface area (Å²) in [7, 11) is 0. The molecule has 0 unspecified atom stereocenters. The molecule has 0 N–H and O–H groups in total. The number of thiazole rings is 1. The molecule has 0 saturated carbocycles. The average Bonchev–Trinajstić information content (AvgIpc) is 3.19. The third kappa shape index (κ3) is 4.49. The first-order valence-corrected chi connectivity index (χ1v) is 10.0. The maximum Gasteiger partial charge on any atom is 0.254 e. The summed E-state index contributed by atoms with van der Waals surface area (Å²) in [4.78, 5) is 21.0. The molecule has 3 aromatic rings. The Morgan fingerprint density at radius 1 is 0.966 bits per heavy atom. The van der Waals surface area contributed by atoms with E-state index in [4.69, 9.17) is 0 Å². The molecule has 0 spiro atoms. The lowest BCUT2D eigenvalue weighted by molar-refractivity contribution is 0.0628. The van der Waals surface area contributed by atoms with Gasteiger partial charge in [-0.25, -0.2) is 18.2 Å². The van der Waals surface area contributed by atoms with Gasteiger partial charge in [-0.15, -0.1) is 11.3 Å². The van der Waals surface area contributed by atoms with E-state index in [0.717, 1.165) is 28.4 Å². The molecule has 0 radical (unpaired) electrons. The van der Waals surface area contributed by atoms with Gasteiger partial charge in [-0.3, -0.25) is 9.69 Å². The van der Waals surface area contributed by atoms with Crippen molar-refractivity contribution in [1.29, 1.82) is 0 Å². The normalized spacial score (nSPS) is 14.9. The Balaban J connectivity index is 1.33. The zero-order valence-corrected chi connectivity index (χ0v) is 16.3. The highest BCUT2D eigenvalue weighted by molar-refractivity contribution is 7.09. The number of halogens is 3. The van der Waals surface area contributed by atoms with Gasteiger partial charge in [0.05, 0.1) is 12.2 Å². The number of hydrogen-bond donors (Lipinski definition) is 0. The lowest BCUT2D eigenvalue weighted by Crippen LogP contribution is -2.48. The number of carbonyl (C=O) groups excluding carboxylic acids is 1. The van der Waals surface area contributed by atoms with Crippen molar-refractivity contribution in [3.8, 4) is 11.3 Å². The van der Waals surface area contributed by atoms with Crippen molar-refractivity contribution in [2.45, 2.75) is 6.54 Å². The summed E-state index contributed by atoms with van der Waals surface area (Å²) in [6.45, 7) is 3.02. The van der Waals surface area contributed by atoms with Gasteiger partial charge in [-0.1, -0.05) is 0 Å². The minimum atomic E-state index is -1.02. The van der Waals surface area contributed by atoms with Gasteiger partial charge in [0.1, 0.15) is 10.8 Å². The van der Waals surface area contributed by atoms with E-state index in [2.05, 4.69) is 9.88 Å². The van der Waals surface area contributed by atoms with Crippen LogP contribution in [0.2, 0.25) is 0 Å². The van der Waals surface area contributed by atoms with E-state index >= 15 is 0 Å². The van der Waals surface area contributed by atoms with Gasteiger partial charge >= 0.3 is 0 Å². The topological polar surface area (TPSA) is 36.4 Å². The van der Waals surface area contributed by atoms with Crippen LogP contribution >= 0.6 is 11.3 Å². The second-order valence-corrected chi connectivity index (χ2v) is 7.77. The fourth-order valence-electron chi connectivity index (χ4n) is 3.25. The summed E-state index contributed by atoms with van der Waals surface area (Å²) in [5.74, 6) is -2.55. The summed E-state index contributed by atoms with van der Waals surface area (Å²) in [5.41, 5.74) is 1.84. The SMILES string of the molecule is O=C(c1ccc(F)c(F)c1)N1CCN(Cc2nc(-c3ccc(F)cc3)cs2)CC1. The van der Waals surface area contributed by atoms with Gasteiger partial charge in [-0.05, 0) is 42.5 Å². The van der Waals surface area contributed by atoms with Crippen molar-refractivity contribution >= 4 is 17.2 Å². The Kier molecular flexibility index (Phi) is 5.64. The van der Waals surface area contributed by atoms with Gasteiger partial charge in [0, 0.05) is 42.7 Å². The Morgan fingerprint density at radius 3 is 2.38 bits per heavy atom. The molecule has 4 nitrogen and oxygen atoms in total. The van der Waals surface area contributed by atoms with Crippen LogP contribution < -0.4 is 0 Å². The summed E-state index contributed by atoms with van der Waals surface area (Å²) >= 11 is 1.54. The van der Waals surface area contributed by atoms with Crippen LogP contribution in [0.15, 0.2) is 47.8 Å². The Labute approximate surface area is 170 Å². The molecule has 2 heterocycles. The quantitative estimate of drug-likeness (QED) is 0.639. The third-order valence-electron chi connectivity index (χ3n) is 4.88. The monoisotopic (exact) mass is 417 g/mol. The highest BCUT2D eigenvalue weighted by Crippen LogP contribution is 2.23. The molecular formula is C21H18F3N3OS. The van der Waals surface area contributed by atoms with Crippen LogP contribution in [0.4, 0.5) is 13.2 Å². The van der Waals surface area contributed by atoms with Crippen molar-refractivity contribution in [3.05, 3.63) is 75.9 Å². The lowest BCUT2D eigenvalue weighted by Gasteiger charge is -2.34. The van der Waals surface area contributed by atoms with Crippen LogP contribution in [0.25, 0.3) is 11.3 Å². The third-order valence-corrected chi connectivity index (χ3v) is 5.71. The molecule has 1 aromatic heterocycles. The number of rotatable bonds is 4. The van der Waals surface area contributed by atoms with Crippen LogP contribution in [-0.2, 0) is 6.54 Å². The fraction of sp³-hybridized carbons (Fsp3) is 0.238. The zero-order valence-electron chi connectivity index (χ0n) is 15.4. The van der Waals surface area contributed by atoms with Crippen LogP contribution in [0, 0.1) is 17.5 Å². The highest BCUT2D eigenvalue weighted by Gasteiger charge is 2.23. The van der Waals surface area contributed by atoms with Crippen molar-refractivity contribution in [3.63, 3.8) is 0 Å². The predicted octanol–water partition coefficient (Wildman–Crippen LogP) is 4.19. The van der Waals surface area contributed by atoms with E-state index in [0.29, 0.717) is 32.7 Å². The molecule has 1 fully saturated rings. The smallest absolute Gasteiger partial charge is 0.254 e. The summed E-state index contributed by atoms with van der Waals surface area (Å²) < 4.78 is 39.5. The van der Waals surface area contributed by atoms with Crippen LogP contribution in [-0.4, -0.2) is 46.9 Å². The second-order valence-electron chi connectivity index (χ2n) is 6.83. The predicted molar refractivity (Wildman–Crippen MR) is 105 cm³/mol. The van der Waals surface area contributed by atoms with E-state index < -0.39 is 11.6 Å². The number of carbonyl (C=O) groups is 1. The number of piperazine rings is 1. The Morgan fingerprint density at radius 2 is 1.69 bits per heavy atom. The molecule has 1 amide bonds. The molecule has 1 saturated heterocycles. The van der Waals surface area contributed by atoms with Gasteiger partial charge in [0.25, 0.3) is 5.91 Å². The maximum atomic E-state index is 13.4. The second kappa shape index (κ2) is 8.34. The van der Waals surface area contributed by atoms with E-state index in [1.54, 1.807) is 28.4 Å². The molecule has 0 atom stereocenters. The first kappa shape index (κ1) is 19.6. The maximum absolute atomic E-state index is 13.4. The average molecular weight is 417 g/mol. The minimum absolute atomic E-state index is 0.154. The van der Waals surface area contributed by atoms with Crippen LogP contribution in [0.3, 0.4) is 0 Å². The molecule has 2 aromatic carbocycles. The van der Waals surface area contributed by atoms with Gasteiger partial charge in [0.15, 0.2) is 11.6 Å². The molecule has 150 valence electrons. The van der Waals surface area contributed by atoms with Gasteiger partial charge in [-0.2, -0.15) is 0 Å². The molecular weight excluding hydrogens is 399 g/mol. The molecule has 4 rings (SSSR count). The van der Waals surface area contributed by atoms with Crippen LogP contribution in [0.1, 0.15) is 15.4 Å². The molecule has 1 aliphatic rings. The number of amides is 1. The molecule has 29 heavy (non-hydrogen) atoms. The first-order valence-electron chi connectivity index (χ1n) is 9.16. The fourth-order valence-corrected chi connectivity index (χ4v) is 4.09. The summed E-state index contributed by atoms with van der Waals surface area (Å²) in [6.07, 6.45) is 0. The van der Waals surface area contributed by atoms with Crippen molar-refractivity contribution in [1.82, 2.24) is 14.8 Å². The van der Waals surface area contributed by atoms with E-state index in [1.807, 2.05) is 5.38 Å². The number of nitrogens with zero attached hydrogens (tertiary/aromatic N) is 3. The zero-order chi connectivity index (χ0) is 20.4. The van der Waals surface area contributed by atoms with E-state index in [-0.39, 0.29) is 17.3 Å². The van der Waals surface area contributed by atoms with Crippen molar-refractivity contribution in [2.24, 2.45) is 0 Å². The molecule has 0 bridgehead atoms. The number of hydrogen-bond acceptors (Lipinski definition) is 4. The van der Waals surface area contributed by atoms with Crippen molar-refractivity contribution in [2.75, 3.05) is 26.2 Å². The first-order chi connectivity index (χ1) is 14.0. The van der Waals surface area contributed by atoms with Gasteiger partial charge < -0.3 is 4.90 Å². The lowest BCUT2D eigenvalue weighted by atomic mass is 10.1. The molecule has 8 heteroatoms. The number of benzene rings is 2. The largest absolute Gasteiger partial charge is 0.336 e.